The number of pyridine rings is 1. The maximum absolute atomic E-state index is 16.7. The van der Waals surface area contributed by atoms with Gasteiger partial charge in [0, 0.05) is 47.9 Å². The lowest BCUT2D eigenvalue weighted by atomic mass is 9.95. The molecule has 0 saturated carbocycles. The van der Waals surface area contributed by atoms with Gasteiger partial charge in [0.15, 0.2) is 5.82 Å². The first-order chi connectivity index (χ1) is 20.0. The van der Waals surface area contributed by atoms with Gasteiger partial charge in [-0.1, -0.05) is 24.0 Å². The third kappa shape index (κ3) is 3.79. The fourth-order valence-corrected chi connectivity index (χ4v) is 7.53. The molecule has 0 radical (unpaired) electrons. The zero-order valence-electron chi connectivity index (χ0n) is 22.6. The molecule has 2 atom stereocenters. The van der Waals surface area contributed by atoms with Crippen LogP contribution in [-0.4, -0.2) is 68.8 Å². The van der Waals surface area contributed by atoms with Crippen molar-refractivity contribution in [3.63, 3.8) is 0 Å². The lowest BCUT2D eigenvalue weighted by molar-refractivity contribution is 0.261. The largest absolute Gasteiger partial charge is 0.508 e. The molecule has 2 N–H and O–H groups in total. The molecule has 2 bridgehead atoms. The molecule has 2 aromatic carbocycles. The van der Waals surface area contributed by atoms with Crippen LogP contribution in [0.2, 0.25) is 0 Å². The molecule has 0 spiro atoms. The number of nitrogens with one attached hydrogen (secondary N) is 1. The molecule has 4 fully saturated rings. The van der Waals surface area contributed by atoms with E-state index in [1.165, 1.54) is 6.07 Å². The van der Waals surface area contributed by atoms with E-state index in [4.69, 9.17) is 16.4 Å². The van der Waals surface area contributed by atoms with Gasteiger partial charge in [-0.15, -0.1) is 6.42 Å². The Morgan fingerprint density at radius 3 is 2.76 bits per heavy atom. The van der Waals surface area contributed by atoms with Crippen molar-refractivity contribution in [1.29, 1.82) is 0 Å². The van der Waals surface area contributed by atoms with Crippen molar-refractivity contribution < 1.29 is 9.50 Å². The fraction of sp³-hybridized carbons (Fsp3) is 0.364. The molecule has 6 heterocycles. The van der Waals surface area contributed by atoms with Gasteiger partial charge in [0.1, 0.15) is 22.8 Å². The highest BCUT2D eigenvalue weighted by molar-refractivity contribution is 6.02. The van der Waals surface area contributed by atoms with Crippen molar-refractivity contribution >= 4 is 27.5 Å². The van der Waals surface area contributed by atoms with Crippen LogP contribution in [0.15, 0.2) is 36.5 Å². The van der Waals surface area contributed by atoms with Gasteiger partial charge in [0.25, 0.3) is 0 Å². The average Bonchev–Trinajstić information content (AvgIpc) is 3.77. The summed E-state index contributed by atoms with van der Waals surface area (Å²) in [5.74, 6) is 9.96. The number of piperazine rings is 1. The number of hydrogen-bond donors (Lipinski definition) is 2. The smallest absolute Gasteiger partial charge is 0.207 e. The summed E-state index contributed by atoms with van der Waals surface area (Å²) < 4.78 is 16.7. The van der Waals surface area contributed by atoms with Crippen LogP contribution in [0.5, 0.6) is 5.75 Å². The second-order valence-corrected chi connectivity index (χ2v) is 11.7. The lowest BCUT2D eigenvalue weighted by Crippen LogP contribution is -2.44. The lowest BCUT2D eigenvalue weighted by Gasteiger charge is -2.29. The molecule has 41 heavy (non-hydrogen) atoms. The molecular formula is C33H29FN6O. The van der Waals surface area contributed by atoms with Crippen LogP contribution in [0.25, 0.3) is 32.9 Å². The number of rotatable bonds is 2. The molecule has 2 aromatic heterocycles. The van der Waals surface area contributed by atoms with E-state index in [0.717, 1.165) is 58.3 Å². The van der Waals surface area contributed by atoms with E-state index in [9.17, 15) is 5.11 Å². The average molecular weight is 545 g/mol. The molecule has 4 aliphatic rings. The number of aromatic nitrogens is 3. The number of benzene rings is 2. The fourth-order valence-electron chi connectivity index (χ4n) is 7.53. The minimum atomic E-state index is -0.572. The van der Waals surface area contributed by atoms with E-state index in [1.54, 1.807) is 18.3 Å². The summed E-state index contributed by atoms with van der Waals surface area (Å²) in [6.07, 6.45) is 12.9. The summed E-state index contributed by atoms with van der Waals surface area (Å²) in [6.45, 7) is 3.81. The monoisotopic (exact) mass is 544 g/mol. The van der Waals surface area contributed by atoms with Crippen LogP contribution in [0, 0.1) is 30.0 Å². The van der Waals surface area contributed by atoms with E-state index in [0.29, 0.717) is 45.0 Å². The maximum atomic E-state index is 16.7. The maximum Gasteiger partial charge on any atom is 0.207 e. The summed E-state index contributed by atoms with van der Waals surface area (Å²) in [5.41, 5.74) is 1.18. The van der Waals surface area contributed by atoms with Crippen molar-refractivity contribution in [3.8, 4) is 41.2 Å². The highest BCUT2D eigenvalue weighted by Gasteiger charge is 2.43. The zero-order chi connectivity index (χ0) is 27.7. The molecule has 7 nitrogen and oxygen atoms in total. The molecule has 0 aliphatic carbocycles. The van der Waals surface area contributed by atoms with E-state index in [1.807, 2.05) is 12.1 Å². The number of aromatic hydroxyl groups is 1. The normalized spacial score (nSPS) is 22.7. The van der Waals surface area contributed by atoms with Gasteiger partial charge in [-0.3, -0.25) is 9.88 Å². The van der Waals surface area contributed by atoms with Gasteiger partial charge in [0.05, 0.1) is 10.9 Å². The van der Waals surface area contributed by atoms with Crippen molar-refractivity contribution in [2.75, 3.05) is 31.1 Å². The van der Waals surface area contributed by atoms with Crippen molar-refractivity contribution in [2.24, 2.45) is 0 Å². The summed E-state index contributed by atoms with van der Waals surface area (Å²) in [7, 11) is 0. The number of hydrogen-bond acceptors (Lipinski definition) is 7. The minimum Gasteiger partial charge on any atom is -0.508 e. The molecule has 4 aliphatic heterocycles. The second-order valence-electron chi connectivity index (χ2n) is 11.7. The molecule has 204 valence electrons. The van der Waals surface area contributed by atoms with Crippen LogP contribution in [0.4, 0.5) is 10.2 Å². The van der Waals surface area contributed by atoms with Crippen LogP contribution < -0.4 is 10.2 Å². The van der Waals surface area contributed by atoms with Gasteiger partial charge < -0.3 is 15.3 Å². The van der Waals surface area contributed by atoms with Gasteiger partial charge in [-0.2, -0.15) is 0 Å². The Labute approximate surface area is 237 Å². The Balaban J connectivity index is 1.34. The molecule has 8 heteroatoms. The van der Waals surface area contributed by atoms with Gasteiger partial charge in [0.2, 0.25) is 5.82 Å². The van der Waals surface area contributed by atoms with Crippen molar-refractivity contribution in [1.82, 2.24) is 25.2 Å². The first kappa shape index (κ1) is 24.5. The molecule has 0 amide bonds. The third-order valence-electron chi connectivity index (χ3n) is 9.41. The van der Waals surface area contributed by atoms with E-state index >= 15 is 4.39 Å². The second kappa shape index (κ2) is 9.14. The third-order valence-corrected chi connectivity index (χ3v) is 9.41. The quantitative estimate of drug-likeness (QED) is 0.367. The van der Waals surface area contributed by atoms with Crippen molar-refractivity contribution in [3.05, 3.63) is 53.7 Å². The summed E-state index contributed by atoms with van der Waals surface area (Å²) in [5, 5.41) is 16.0. The summed E-state index contributed by atoms with van der Waals surface area (Å²) >= 11 is 0. The Morgan fingerprint density at radius 2 is 2.00 bits per heavy atom. The number of halogens is 1. The summed E-state index contributed by atoms with van der Waals surface area (Å²) in [6, 6.07) is 9.29. The number of fused-ring (bicyclic) bond motifs is 5. The molecule has 0 unspecified atom stereocenters. The molecule has 4 aromatic rings. The summed E-state index contributed by atoms with van der Waals surface area (Å²) in [4.78, 5) is 19.0. The predicted molar refractivity (Wildman–Crippen MR) is 157 cm³/mol. The number of phenols is 1. The Hall–Kier alpha value is -4.24. The van der Waals surface area contributed by atoms with Crippen LogP contribution in [-0.2, 0) is 0 Å². The van der Waals surface area contributed by atoms with Gasteiger partial charge in [-0.05, 0) is 74.7 Å². The SMILES string of the molecule is C#Cc1cccc2cc(O)cc(-c3ncc4c(N5C[C@@H]6C[C@H]5CN6)nc(C#CC56CCCN5CCC6)nc4c3F)c12. The minimum absolute atomic E-state index is 0.00966. The Kier molecular flexibility index (Phi) is 5.47. The Bertz CT molecular complexity index is 1840. The molecule has 4 saturated heterocycles. The first-order valence-electron chi connectivity index (χ1n) is 14.4. The highest BCUT2D eigenvalue weighted by atomic mass is 19.1. The highest BCUT2D eigenvalue weighted by Crippen LogP contribution is 2.40. The predicted octanol–water partition coefficient (Wildman–Crippen LogP) is 4.20. The topological polar surface area (TPSA) is 77.4 Å². The van der Waals surface area contributed by atoms with E-state index in [-0.39, 0.29) is 28.5 Å². The number of anilines is 1. The van der Waals surface area contributed by atoms with Crippen LogP contribution in [0.3, 0.4) is 0 Å². The first-order valence-corrected chi connectivity index (χ1v) is 14.4. The van der Waals surface area contributed by atoms with Gasteiger partial charge in [-0.25, -0.2) is 14.4 Å². The standard InChI is InChI=1S/C33H29FN6O/c1-2-20-6-3-7-21-14-24(41)16-25(28(20)21)30-29(34)31-26(18-36-30)32(40-19-22-15-23(40)17-35-22)38-27(37-31)8-11-33-9-4-12-39(33)13-5-10-33/h1,3,6-7,14,16,18,22-23,35,41H,4-5,9-10,12-13,15,17,19H2/t22-,23-/m0/s1. The Morgan fingerprint density at radius 1 is 1.15 bits per heavy atom. The van der Waals surface area contributed by atoms with Crippen LogP contribution >= 0.6 is 0 Å². The number of nitrogens with zero attached hydrogens (tertiary/aromatic N) is 5. The molecule has 8 rings (SSSR count). The number of phenolic OH excluding ortho intramolecular Hbond substituents is 1. The van der Waals surface area contributed by atoms with E-state index < -0.39 is 5.82 Å². The van der Waals surface area contributed by atoms with Crippen LogP contribution in [0.1, 0.15) is 43.5 Å². The van der Waals surface area contributed by atoms with Gasteiger partial charge >= 0.3 is 0 Å². The van der Waals surface area contributed by atoms with E-state index in [2.05, 4.69) is 37.9 Å². The van der Waals surface area contributed by atoms with Crippen molar-refractivity contribution in [2.45, 2.75) is 49.7 Å². The zero-order valence-corrected chi connectivity index (χ0v) is 22.6. The number of terminal acetylenes is 1. The molecular weight excluding hydrogens is 515 g/mol.